The molecule has 0 aliphatic rings. The van der Waals surface area contributed by atoms with Gasteiger partial charge in [-0.15, -0.1) is 0 Å². The molecule has 0 atom stereocenters. The second kappa shape index (κ2) is 6.82. The van der Waals surface area contributed by atoms with Crippen LogP contribution in [0.25, 0.3) is 0 Å². The predicted molar refractivity (Wildman–Crippen MR) is 60.2 cm³/mol. The smallest absolute Gasteiger partial charge is 0.220 e. The van der Waals surface area contributed by atoms with Crippen molar-refractivity contribution < 1.29 is 4.79 Å². The van der Waals surface area contributed by atoms with Crippen molar-refractivity contribution in [1.29, 1.82) is 0 Å². The Morgan fingerprint density at radius 2 is 1.86 bits per heavy atom. The van der Waals surface area contributed by atoms with Crippen molar-refractivity contribution in [2.75, 3.05) is 20.1 Å². The average Bonchev–Trinajstić information content (AvgIpc) is 2.02. The molecule has 3 heteroatoms. The highest BCUT2D eigenvalue weighted by Gasteiger charge is 2.09. The van der Waals surface area contributed by atoms with Gasteiger partial charge >= 0.3 is 0 Å². The molecule has 0 bridgehead atoms. The quantitative estimate of drug-likeness (QED) is 0.639. The van der Waals surface area contributed by atoms with Crippen LogP contribution in [0.15, 0.2) is 0 Å². The van der Waals surface area contributed by atoms with Crippen LogP contribution in [0.3, 0.4) is 0 Å². The van der Waals surface area contributed by atoms with Crippen LogP contribution in [0.5, 0.6) is 0 Å². The number of hydrogen-bond donors (Lipinski definition) is 2. The molecule has 0 aromatic heterocycles. The van der Waals surface area contributed by atoms with E-state index in [0.29, 0.717) is 11.8 Å². The minimum Gasteiger partial charge on any atom is -0.356 e. The highest BCUT2D eigenvalue weighted by atomic mass is 16.1. The second-order valence-electron chi connectivity index (χ2n) is 4.87. The van der Waals surface area contributed by atoms with Crippen molar-refractivity contribution in [3.8, 4) is 0 Å². The lowest BCUT2D eigenvalue weighted by Gasteiger charge is -2.17. The summed E-state index contributed by atoms with van der Waals surface area (Å²) < 4.78 is 0. The summed E-state index contributed by atoms with van der Waals surface area (Å²) in [6, 6.07) is 0. The van der Waals surface area contributed by atoms with Crippen LogP contribution >= 0.6 is 0 Å². The van der Waals surface area contributed by atoms with Crippen molar-refractivity contribution in [2.24, 2.45) is 5.41 Å². The maximum atomic E-state index is 11.3. The first-order valence-corrected chi connectivity index (χ1v) is 5.37. The Labute approximate surface area is 87.6 Å². The van der Waals surface area contributed by atoms with E-state index in [1.165, 1.54) is 0 Å². The molecule has 1 amide bonds. The highest BCUT2D eigenvalue weighted by Crippen LogP contribution is 2.16. The molecule has 0 aromatic carbocycles. The van der Waals surface area contributed by atoms with Crippen molar-refractivity contribution in [1.82, 2.24) is 10.6 Å². The van der Waals surface area contributed by atoms with Crippen molar-refractivity contribution in [2.45, 2.75) is 40.0 Å². The van der Waals surface area contributed by atoms with Crippen molar-refractivity contribution in [3.63, 3.8) is 0 Å². The van der Waals surface area contributed by atoms with E-state index in [1.807, 2.05) is 7.05 Å². The van der Waals surface area contributed by atoms with E-state index in [1.54, 1.807) is 0 Å². The van der Waals surface area contributed by atoms with Crippen molar-refractivity contribution in [3.05, 3.63) is 0 Å². The summed E-state index contributed by atoms with van der Waals surface area (Å²) in [7, 11) is 1.90. The van der Waals surface area contributed by atoms with Crippen LogP contribution < -0.4 is 10.6 Å². The Bertz CT molecular complexity index is 161. The molecular weight excluding hydrogens is 176 g/mol. The van der Waals surface area contributed by atoms with E-state index in [4.69, 9.17) is 0 Å². The molecule has 0 saturated heterocycles. The molecular formula is C11H24N2O. The zero-order chi connectivity index (χ0) is 11.0. The fraction of sp³-hybridized carbons (Fsp3) is 0.909. The minimum atomic E-state index is 0.171. The molecule has 0 aromatic rings. The molecule has 0 aliphatic heterocycles. The van der Waals surface area contributed by atoms with Gasteiger partial charge in [-0.1, -0.05) is 20.8 Å². The van der Waals surface area contributed by atoms with Gasteiger partial charge in [-0.05, 0) is 31.8 Å². The minimum absolute atomic E-state index is 0.171. The molecule has 14 heavy (non-hydrogen) atoms. The number of rotatable bonds is 6. The largest absolute Gasteiger partial charge is 0.356 e. The van der Waals surface area contributed by atoms with Crippen LogP contribution in [-0.4, -0.2) is 26.0 Å². The average molecular weight is 200 g/mol. The van der Waals surface area contributed by atoms with Crippen LogP contribution in [0.2, 0.25) is 0 Å². The number of amides is 1. The Morgan fingerprint density at radius 1 is 1.21 bits per heavy atom. The SMILES string of the molecule is CNCCCC(=O)NCCC(C)(C)C. The van der Waals surface area contributed by atoms with Crippen LogP contribution in [0.1, 0.15) is 40.0 Å². The standard InChI is InChI=1S/C11H24N2O/c1-11(2,3)7-9-13-10(14)6-5-8-12-4/h12H,5-9H2,1-4H3,(H,13,14). The molecule has 84 valence electrons. The first-order valence-electron chi connectivity index (χ1n) is 5.37. The molecule has 0 unspecified atom stereocenters. The fourth-order valence-electron chi connectivity index (χ4n) is 1.09. The second-order valence-corrected chi connectivity index (χ2v) is 4.87. The summed E-state index contributed by atoms with van der Waals surface area (Å²) in [5, 5.41) is 5.95. The topological polar surface area (TPSA) is 41.1 Å². The lowest BCUT2D eigenvalue weighted by molar-refractivity contribution is -0.121. The third-order valence-electron chi connectivity index (χ3n) is 2.03. The van der Waals surface area contributed by atoms with E-state index in [0.717, 1.165) is 25.9 Å². The normalized spacial score (nSPS) is 11.4. The Kier molecular flexibility index (Phi) is 6.54. The summed E-state index contributed by atoms with van der Waals surface area (Å²) in [4.78, 5) is 11.3. The van der Waals surface area contributed by atoms with Crippen molar-refractivity contribution >= 4 is 5.91 Å². The number of carbonyl (C=O) groups is 1. The van der Waals surface area contributed by atoms with Gasteiger partial charge in [0.25, 0.3) is 0 Å². The Morgan fingerprint density at radius 3 is 2.36 bits per heavy atom. The van der Waals surface area contributed by atoms with Gasteiger partial charge in [-0.3, -0.25) is 4.79 Å². The molecule has 0 saturated carbocycles. The maximum absolute atomic E-state index is 11.3. The summed E-state index contributed by atoms with van der Waals surface area (Å²) in [6.07, 6.45) is 2.58. The lowest BCUT2D eigenvalue weighted by Crippen LogP contribution is -2.27. The van der Waals surface area contributed by atoms with Crippen LogP contribution in [0, 0.1) is 5.41 Å². The summed E-state index contributed by atoms with van der Waals surface area (Å²) in [6.45, 7) is 8.25. The Hall–Kier alpha value is -0.570. The van der Waals surface area contributed by atoms with Gasteiger partial charge < -0.3 is 10.6 Å². The molecule has 0 spiro atoms. The van der Waals surface area contributed by atoms with E-state index in [-0.39, 0.29) is 5.91 Å². The van der Waals surface area contributed by atoms with E-state index >= 15 is 0 Å². The fourth-order valence-corrected chi connectivity index (χ4v) is 1.09. The van der Waals surface area contributed by atoms with Gasteiger partial charge in [0.05, 0.1) is 0 Å². The van der Waals surface area contributed by atoms with Gasteiger partial charge in [-0.2, -0.15) is 0 Å². The van der Waals surface area contributed by atoms with Gasteiger partial charge in [0.1, 0.15) is 0 Å². The third kappa shape index (κ3) is 9.52. The van der Waals surface area contributed by atoms with Gasteiger partial charge in [0, 0.05) is 13.0 Å². The molecule has 0 heterocycles. The molecule has 3 nitrogen and oxygen atoms in total. The van der Waals surface area contributed by atoms with E-state index < -0.39 is 0 Å². The molecule has 0 radical (unpaired) electrons. The zero-order valence-corrected chi connectivity index (χ0v) is 9.94. The molecule has 0 fully saturated rings. The van der Waals surface area contributed by atoms with Gasteiger partial charge in [0.2, 0.25) is 5.91 Å². The van der Waals surface area contributed by atoms with Gasteiger partial charge in [-0.25, -0.2) is 0 Å². The first-order chi connectivity index (χ1) is 6.45. The summed E-state index contributed by atoms with van der Waals surface area (Å²) in [5.74, 6) is 0.171. The predicted octanol–water partition coefficient (Wildman–Crippen LogP) is 1.54. The third-order valence-corrected chi connectivity index (χ3v) is 2.03. The Balaban J connectivity index is 3.36. The van der Waals surface area contributed by atoms with Gasteiger partial charge in [0.15, 0.2) is 0 Å². The highest BCUT2D eigenvalue weighted by molar-refractivity contribution is 5.75. The number of carbonyl (C=O) groups excluding carboxylic acids is 1. The molecule has 0 aliphatic carbocycles. The summed E-state index contributed by atoms with van der Waals surface area (Å²) in [5.41, 5.74) is 0.304. The van der Waals surface area contributed by atoms with E-state index in [9.17, 15) is 4.79 Å². The first kappa shape index (κ1) is 13.4. The maximum Gasteiger partial charge on any atom is 0.220 e. The zero-order valence-electron chi connectivity index (χ0n) is 9.94. The number of hydrogen-bond acceptors (Lipinski definition) is 2. The lowest BCUT2D eigenvalue weighted by atomic mass is 9.92. The number of nitrogens with one attached hydrogen (secondary N) is 2. The monoisotopic (exact) mass is 200 g/mol. The van der Waals surface area contributed by atoms with Crippen LogP contribution in [-0.2, 0) is 4.79 Å². The summed E-state index contributed by atoms with van der Waals surface area (Å²) >= 11 is 0. The molecule has 2 N–H and O–H groups in total. The van der Waals surface area contributed by atoms with E-state index in [2.05, 4.69) is 31.4 Å². The van der Waals surface area contributed by atoms with Crippen LogP contribution in [0.4, 0.5) is 0 Å². The molecule has 0 rings (SSSR count).